The van der Waals surface area contributed by atoms with Crippen molar-refractivity contribution in [2.24, 2.45) is 24.8 Å². The van der Waals surface area contributed by atoms with E-state index in [1.807, 2.05) is 24.3 Å². The molecular weight excluding hydrogens is 842 g/mol. The summed E-state index contributed by atoms with van der Waals surface area (Å²) in [4.78, 5) is 49.2. The highest BCUT2D eigenvalue weighted by molar-refractivity contribution is 6.08. The number of amides is 3. The Morgan fingerprint density at radius 3 is 2.55 bits per heavy atom. The largest absolute Gasteiger partial charge is 0.362 e. The zero-order chi connectivity index (χ0) is 44.9. The summed E-state index contributed by atoms with van der Waals surface area (Å²) >= 11 is 0. The number of alkyl halides is 3. The highest BCUT2D eigenvalue weighted by Gasteiger charge is 2.40. The van der Waals surface area contributed by atoms with E-state index in [1.165, 1.54) is 16.9 Å². The van der Waals surface area contributed by atoms with Gasteiger partial charge in [0.05, 0.1) is 46.7 Å². The highest BCUT2D eigenvalue weighted by Crippen LogP contribution is 2.37. The fourth-order valence-electron chi connectivity index (χ4n) is 10.5. The van der Waals surface area contributed by atoms with Crippen molar-refractivity contribution < 1.29 is 32.3 Å². The molecule has 3 atom stereocenters. The molecular formula is C46H53F3N12O4. The highest BCUT2D eigenvalue weighted by atomic mass is 19.3. The summed E-state index contributed by atoms with van der Waals surface area (Å²) in [6.07, 6.45) is 4.37. The van der Waals surface area contributed by atoms with Crippen LogP contribution in [0.2, 0.25) is 0 Å². The average Bonchev–Trinajstić information content (AvgIpc) is 3.98. The first-order valence-electron chi connectivity index (χ1n) is 22.7. The molecule has 1 saturated carbocycles. The number of aromatic nitrogens is 7. The molecule has 0 radical (unpaired) electrons. The maximum Gasteiger partial charge on any atom is 0.284 e. The minimum Gasteiger partial charge on any atom is -0.362 e. The van der Waals surface area contributed by atoms with Crippen LogP contribution in [0.4, 0.5) is 24.7 Å². The van der Waals surface area contributed by atoms with Gasteiger partial charge in [0, 0.05) is 77.1 Å². The predicted molar refractivity (Wildman–Crippen MR) is 234 cm³/mol. The number of para-hydroxylation sites is 1. The van der Waals surface area contributed by atoms with Gasteiger partial charge in [-0.3, -0.25) is 34.0 Å². The number of likely N-dealkylation sites (tertiary alicyclic amines) is 2. The van der Waals surface area contributed by atoms with Crippen LogP contribution in [0.3, 0.4) is 0 Å². The number of nitrogens with one attached hydrogen (secondary N) is 2. The lowest BCUT2D eigenvalue weighted by Crippen LogP contribution is -2.58. The van der Waals surface area contributed by atoms with Gasteiger partial charge in [-0.2, -0.15) is 15.3 Å². The third-order valence-corrected chi connectivity index (χ3v) is 14.1. The van der Waals surface area contributed by atoms with Gasteiger partial charge in [0.1, 0.15) is 24.2 Å². The van der Waals surface area contributed by atoms with Crippen molar-refractivity contribution in [3.63, 3.8) is 0 Å². The Labute approximate surface area is 373 Å². The summed E-state index contributed by atoms with van der Waals surface area (Å²) in [6, 6.07) is 7.40. The number of halogens is 3. The molecule has 65 heavy (non-hydrogen) atoms. The summed E-state index contributed by atoms with van der Waals surface area (Å²) in [5.41, 5.74) is 2.15. The van der Waals surface area contributed by atoms with Crippen molar-refractivity contribution in [3.8, 4) is 11.8 Å². The van der Waals surface area contributed by atoms with Crippen LogP contribution < -0.4 is 15.5 Å². The van der Waals surface area contributed by atoms with Crippen molar-refractivity contribution in [2.45, 2.75) is 75.6 Å². The smallest absolute Gasteiger partial charge is 0.284 e. The lowest BCUT2D eigenvalue weighted by Gasteiger charge is -2.50. The monoisotopic (exact) mass is 894 g/mol. The molecule has 10 rings (SSSR count). The van der Waals surface area contributed by atoms with Crippen molar-refractivity contribution in [1.82, 2.24) is 49.3 Å². The quantitative estimate of drug-likeness (QED) is 0.140. The number of carbonyl (C=O) groups excluding carboxylic acids is 3. The Kier molecular flexibility index (Phi) is 11.8. The van der Waals surface area contributed by atoms with Crippen LogP contribution in [-0.4, -0.2) is 133 Å². The minimum atomic E-state index is -2.89. The number of ether oxygens (including phenoxy) is 1. The molecule has 5 fully saturated rings. The first kappa shape index (κ1) is 43.1. The first-order chi connectivity index (χ1) is 31.4. The Morgan fingerprint density at radius 2 is 1.80 bits per heavy atom. The summed E-state index contributed by atoms with van der Waals surface area (Å²) in [7, 11) is 3.92. The first-order valence-corrected chi connectivity index (χ1v) is 22.7. The van der Waals surface area contributed by atoms with Crippen molar-refractivity contribution in [1.29, 1.82) is 0 Å². The molecule has 5 aliphatic rings. The summed E-state index contributed by atoms with van der Waals surface area (Å²) < 4.78 is 54.8. The number of anilines is 2. The van der Waals surface area contributed by atoms with Crippen LogP contribution in [-0.2, 0) is 21.4 Å². The molecule has 0 bridgehead atoms. The predicted octanol–water partition coefficient (Wildman–Crippen LogP) is 4.73. The number of nitrogens with zero attached hydrogens (tertiary/aromatic N) is 10. The van der Waals surface area contributed by atoms with Crippen molar-refractivity contribution in [3.05, 3.63) is 65.4 Å². The van der Waals surface area contributed by atoms with Gasteiger partial charge in [0.15, 0.2) is 11.3 Å². The van der Waals surface area contributed by atoms with E-state index in [9.17, 15) is 23.2 Å². The van der Waals surface area contributed by atoms with Gasteiger partial charge in [0.25, 0.3) is 12.3 Å². The molecule has 5 aromatic rings. The van der Waals surface area contributed by atoms with E-state index < -0.39 is 36.2 Å². The molecule has 19 heteroatoms. The minimum absolute atomic E-state index is 0.0323. The Bertz CT molecular complexity index is 2670. The zero-order valence-electron chi connectivity index (χ0n) is 36.5. The molecule has 16 nitrogen and oxygen atoms in total. The van der Waals surface area contributed by atoms with Crippen LogP contribution in [0.15, 0.2) is 42.9 Å². The number of hydrogen-bond donors (Lipinski definition) is 2. The molecule has 4 saturated heterocycles. The summed E-state index contributed by atoms with van der Waals surface area (Å²) in [6.45, 7) is 5.80. The number of piperidine rings is 2. The van der Waals surface area contributed by atoms with Gasteiger partial charge >= 0.3 is 0 Å². The number of imide groups is 1. The number of fused-ring (bicyclic) bond motifs is 2. The van der Waals surface area contributed by atoms with E-state index >= 15 is 4.39 Å². The maximum absolute atomic E-state index is 15.5. The fraction of sp³-hybridized carbons (Fsp3) is 0.543. The van der Waals surface area contributed by atoms with E-state index in [0.29, 0.717) is 54.0 Å². The van der Waals surface area contributed by atoms with Gasteiger partial charge in [0.2, 0.25) is 11.8 Å². The number of benzene rings is 1. The van der Waals surface area contributed by atoms with E-state index in [4.69, 9.17) is 9.72 Å². The molecule has 3 amide bonds. The van der Waals surface area contributed by atoms with Gasteiger partial charge in [-0.05, 0) is 75.5 Å². The number of aryl methyl sites for hydroxylation is 1. The lowest BCUT2D eigenvalue weighted by molar-refractivity contribution is -0.134. The van der Waals surface area contributed by atoms with E-state index in [2.05, 4.69) is 59.5 Å². The lowest BCUT2D eigenvalue weighted by atomic mass is 9.81. The van der Waals surface area contributed by atoms with Crippen LogP contribution >= 0.6 is 0 Å². The number of hydrogen-bond acceptors (Lipinski definition) is 11. The molecule has 4 aliphatic heterocycles. The van der Waals surface area contributed by atoms with Crippen LogP contribution in [0.25, 0.3) is 16.6 Å². The van der Waals surface area contributed by atoms with Gasteiger partial charge < -0.3 is 19.9 Å². The Morgan fingerprint density at radius 1 is 1.00 bits per heavy atom. The van der Waals surface area contributed by atoms with Crippen LogP contribution in [0.5, 0.6) is 0 Å². The van der Waals surface area contributed by atoms with Crippen LogP contribution in [0.1, 0.15) is 90.6 Å². The second-order valence-corrected chi connectivity index (χ2v) is 18.5. The van der Waals surface area contributed by atoms with Crippen molar-refractivity contribution >= 4 is 45.8 Å². The Balaban J connectivity index is 0.696. The number of carbonyl (C=O) groups is 3. The molecule has 1 aromatic carbocycles. The normalized spacial score (nSPS) is 24.8. The third-order valence-electron chi connectivity index (χ3n) is 14.1. The van der Waals surface area contributed by atoms with Gasteiger partial charge in [-0.1, -0.05) is 24.0 Å². The molecule has 8 heterocycles. The standard InChI is InChI=1S/C46H53F3N12O4/c1-56-21-29(22-56)30-23-59(24-30)38-15-17-60-44(52-38)34(19-50-60)46(64)51-36-26-61(55-41(36)43(48)49)31-10-8-27(9-11-31)20-58-16-14-37(35(47)25-58)65-18-4-6-28-5-3-7-32-40(54-57(2)42(28)32)33-12-13-39(62)53-45(33)63/h3,5,7,15,17,19,26-27,29-31,33,35,37,43H,8-14,16,18,20-25H2,1-2H3,(H,51,64)(H,53,62,63)/t27-,31-,33?,35-,37+/m0/s1. The molecule has 4 aromatic heterocycles. The van der Waals surface area contributed by atoms with Gasteiger partial charge in [-0.15, -0.1) is 0 Å². The molecule has 2 N–H and O–H groups in total. The number of rotatable bonds is 11. The fourth-order valence-corrected chi connectivity index (χ4v) is 10.5. The molecule has 342 valence electrons. The van der Waals surface area contributed by atoms with Crippen LogP contribution in [0, 0.1) is 29.6 Å². The SMILES string of the molecule is CN1CC(C2CN(c3ccn4ncc(C(=O)Nc5cn([C@H]6CC[C@H](CN7CC[C@@H](OCC#Cc8cccc9c(C%10CCC(=O)NC%10=O)nn(C)c89)[C@@H](F)C7)CC6)nc5C(F)F)c4n3)C2)C1. The zero-order valence-corrected chi connectivity index (χ0v) is 36.5. The van der Waals surface area contributed by atoms with Crippen molar-refractivity contribution in [2.75, 3.05) is 69.7 Å². The average molecular weight is 895 g/mol. The summed E-state index contributed by atoms with van der Waals surface area (Å²) in [5, 5.41) is 19.1. The van der Waals surface area contributed by atoms with E-state index in [-0.39, 0.29) is 48.7 Å². The molecule has 1 unspecified atom stereocenters. The topological polar surface area (TPSA) is 160 Å². The third kappa shape index (κ3) is 8.71. The summed E-state index contributed by atoms with van der Waals surface area (Å²) in [5.74, 6) is 6.88. The van der Waals surface area contributed by atoms with E-state index in [1.54, 1.807) is 22.6 Å². The second-order valence-electron chi connectivity index (χ2n) is 18.5. The van der Waals surface area contributed by atoms with Gasteiger partial charge in [-0.25, -0.2) is 22.7 Å². The molecule has 0 spiro atoms. The second kappa shape index (κ2) is 17.9. The Hall–Kier alpha value is -5.84. The van der Waals surface area contributed by atoms with E-state index in [0.717, 1.165) is 75.1 Å². The molecule has 1 aliphatic carbocycles. The maximum atomic E-state index is 15.5.